The molecular formula is C20H19Br3O10. The lowest BCUT2D eigenvalue weighted by Gasteiger charge is -2.06. The average Bonchev–Trinajstić information content (AvgIpc) is 2.73. The van der Waals surface area contributed by atoms with Gasteiger partial charge in [-0.1, -0.05) is 47.8 Å². The Hall–Kier alpha value is -2.32. The largest absolute Gasteiger partial charge is 0.481 e. The van der Waals surface area contributed by atoms with E-state index in [1.807, 2.05) is 0 Å². The van der Waals surface area contributed by atoms with Crippen molar-refractivity contribution in [2.24, 2.45) is 0 Å². The fraction of sp³-hybridized carbons (Fsp3) is 0.200. The Morgan fingerprint density at radius 1 is 0.758 bits per heavy atom. The second kappa shape index (κ2) is 16.3. The van der Waals surface area contributed by atoms with Crippen LogP contribution in [0.15, 0.2) is 45.3 Å². The molecule has 0 aliphatic rings. The zero-order valence-electron chi connectivity index (χ0n) is 16.7. The lowest BCUT2D eigenvalue weighted by atomic mass is 10.1. The van der Waals surface area contributed by atoms with E-state index in [4.69, 9.17) is 30.3 Å². The predicted molar refractivity (Wildman–Crippen MR) is 127 cm³/mol. The van der Waals surface area contributed by atoms with Gasteiger partial charge in [0, 0.05) is 8.95 Å². The molecule has 180 valence electrons. The molecule has 10 nitrogen and oxygen atoms in total. The van der Waals surface area contributed by atoms with Crippen molar-refractivity contribution in [3.63, 3.8) is 0 Å². The summed E-state index contributed by atoms with van der Waals surface area (Å²) in [6, 6.07) is 9.30. The van der Waals surface area contributed by atoms with Gasteiger partial charge in [0.1, 0.15) is 11.9 Å². The highest BCUT2D eigenvalue weighted by atomic mass is 79.9. The van der Waals surface area contributed by atoms with Gasteiger partial charge in [-0.3, -0.25) is 4.79 Å². The highest BCUT2D eigenvalue weighted by molar-refractivity contribution is 9.10. The van der Waals surface area contributed by atoms with Gasteiger partial charge >= 0.3 is 23.9 Å². The summed E-state index contributed by atoms with van der Waals surface area (Å²) in [4.78, 5) is 41.0. The molecule has 33 heavy (non-hydrogen) atoms. The van der Waals surface area contributed by atoms with Crippen LogP contribution in [0, 0.1) is 0 Å². The summed E-state index contributed by atoms with van der Waals surface area (Å²) in [6.07, 6.45) is 0. The Bertz CT molecular complexity index is 979. The van der Waals surface area contributed by atoms with E-state index < -0.39 is 30.5 Å². The number of aromatic carboxylic acids is 2. The molecule has 0 radical (unpaired) electrons. The number of carboxylic acids is 4. The molecule has 2 aromatic rings. The fourth-order valence-electron chi connectivity index (χ4n) is 2.04. The standard InChI is InChI=1S/C10H9BrO5.C8H7BrO3.C2H3BrO2/c11-7-1-2-8(10(14)15)6(3-7)4-16-5-9(12)13;9-6-1-2-7(8(11)12)5(3-6)4-10;3-1-2(4)5/h1-3H,4-5H2,(H,12,13)(H,14,15);1-3,10H,4H2,(H,11,12);1H2,(H,4,5). The first-order chi connectivity index (χ1) is 15.4. The quantitative estimate of drug-likeness (QED) is 0.262. The molecule has 2 rings (SSSR count). The Labute approximate surface area is 213 Å². The highest BCUT2D eigenvalue weighted by Gasteiger charge is 2.11. The molecule has 0 saturated heterocycles. The number of hydrogen-bond acceptors (Lipinski definition) is 6. The maximum Gasteiger partial charge on any atom is 0.336 e. The number of benzene rings is 2. The van der Waals surface area contributed by atoms with Gasteiger partial charge in [-0.15, -0.1) is 0 Å². The summed E-state index contributed by atoms with van der Waals surface area (Å²) in [5.41, 5.74) is 1.09. The van der Waals surface area contributed by atoms with E-state index in [2.05, 4.69) is 47.8 Å². The van der Waals surface area contributed by atoms with Crippen LogP contribution in [0.25, 0.3) is 0 Å². The molecule has 0 spiro atoms. The van der Waals surface area contributed by atoms with Gasteiger partial charge in [0.25, 0.3) is 0 Å². The van der Waals surface area contributed by atoms with Crippen molar-refractivity contribution >= 4 is 71.7 Å². The lowest BCUT2D eigenvalue weighted by Crippen LogP contribution is -2.09. The first kappa shape index (κ1) is 30.7. The van der Waals surface area contributed by atoms with Gasteiger partial charge in [-0.05, 0) is 47.5 Å². The van der Waals surface area contributed by atoms with E-state index in [1.54, 1.807) is 24.3 Å². The molecule has 5 N–H and O–H groups in total. The third-order valence-electron chi connectivity index (χ3n) is 3.36. The number of aliphatic hydroxyl groups is 1. The molecule has 0 amide bonds. The molecule has 0 heterocycles. The number of alkyl halides is 1. The summed E-state index contributed by atoms with van der Waals surface area (Å²) in [6.45, 7) is -0.764. The minimum atomic E-state index is -1.09. The van der Waals surface area contributed by atoms with Gasteiger partial charge in [-0.25, -0.2) is 14.4 Å². The van der Waals surface area contributed by atoms with E-state index in [-0.39, 0.29) is 29.7 Å². The minimum absolute atomic E-state index is 0.0347. The lowest BCUT2D eigenvalue weighted by molar-refractivity contribution is -0.142. The molecule has 13 heteroatoms. The van der Waals surface area contributed by atoms with Crippen molar-refractivity contribution in [3.8, 4) is 0 Å². The van der Waals surface area contributed by atoms with Crippen LogP contribution in [-0.4, -0.2) is 61.3 Å². The maximum absolute atomic E-state index is 10.8. The molecule has 0 atom stereocenters. The van der Waals surface area contributed by atoms with E-state index in [0.29, 0.717) is 15.6 Å². The van der Waals surface area contributed by atoms with Gasteiger partial charge in [0.2, 0.25) is 0 Å². The Morgan fingerprint density at radius 3 is 1.55 bits per heavy atom. The number of hydrogen-bond donors (Lipinski definition) is 5. The normalized spacial score (nSPS) is 9.58. The smallest absolute Gasteiger partial charge is 0.336 e. The van der Waals surface area contributed by atoms with Crippen LogP contribution in [0.2, 0.25) is 0 Å². The van der Waals surface area contributed by atoms with Gasteiger partial charge < -0.3 is 30.3 Å². The zero-order valence-corrected chi connectivity index (χ0v) is 21.5. The third kappa shape index (κ3) is 13.1. The first-order valence-corrected chi connectivity index (χ1v) is 11.3. The number of halogens is 3. The van der Waals surface area contributed by atoms with Crippen LogP contribution in [0.1, 0.15) is 31.8 Å². The third-order valence-corrected chi connectivity index (χ3v) is 4.83. The van der Waals surface area contributed by atoms with Crippen LogP contribution in [0.5, 0.6) is 0 Å². The number of rotatable bonds is 8. The van der Waals surface area contributed by atoms with Crippen LogP contribution in [-0.2, 0) is 27.5 Å². The molecule has 0 aliphatic carbocycles. The van der Waals surface area contributed by atoms with E-state index in [0.717, 1.165) is 4.47 Å². The topological polar surface area (TPSA) is 179 Å². The Morgan fingerprint density at radius 2 is 1.18 bits per heavy atom. The first-order valence-electron chi connectivity index (χ1n) is 8.64. The van der Waals surface area contributed by atoms with E-state index in [1.165, 1.54) is 12.1 Å². The van der Waals surface area contributed by atoms with Crippen molar-refractivity contribution in [3.05, 3.63) is 67.6 Å². The zero-order chi connectivity index (χ0) is 25.6. The van der Waals surface area contributed by atoms with Crippen molar-refractivity contribution in [1.29, 1.82) is 0 Å². The number of aliphatic carboxylic acids is 2. The second-order valence-electron chi connectivity index (χ2n) is 5.79. The summed E-state index contributed by atoms with van der Waals surface area (Å²) < 4.78 is 6.32. The summed E-state index contributed by atoms with van der Waals surface area (Å²) in [5.74, 6) is -4.01. The monoisotopic (exact) mass is 656 g/mol. The van der Waals surface area contributed by atoms with Crippen LogP contribution in [0.4, 0.5) is 0 Å². The molecule has 0 saturated carbocycles. The molecular weight excluding hydrogens is 640 g/mol. The summed E-state index contributed by atoms with van der Waals surface area (Å²) in [5, 5.41) is 42.4. The number of carbonyl (C=O) groups is 4. The Balaban J connectivity index is 0.000000530. The van der Waals surface area contributed by atoms with Crippen LogP contribution >= 0.6 is 47.8 Å². The minimum Gasteiger partial charge on any atom is -0.481 e. The SMILES string of the molecule is O=C(O)CBr.O=C(O)COCc1cc(Br)ccc1C(=O)O.O=C(O)c1ccc(Br)cc1CO. The number of ether oxygens (including phenoxy) is 1. The molecule has 0 aliphatic heterocycles. The Kier molecular flexibility index (Phi) is 15.2. The van der Waals surface area contributed by atoms with Crippen molar-refractivity contribution < 1.29 is 49.4 Å². The fourth-order valence-corrected chi connectivity index (χ4v) is 2.86. The van der Waals surface area contributed by atoms with Gasteiger partial charge in [-0.2, -0.15) is 0 Å². The summed E-state index contributed by atoms with van der Waals surface area (Å²) >= 11 is 9.10. The molecule has 0 bridgehead atoms. The molecule has 0 aromatic heterocycles. The van der Waals surface area contributed by atoms with E-state index in [9.17, 15) is 19.2 Å². The van der Waals surface area contributed by atoms with Crippen LogP contribution in [0.3, 0.4) is 0 Å². The predicted octanol–water partition coefficient (Wildman–Crippen LogP) is 3.85. The van der Waals surface area contributed by atoms with Crippen molar-refractivity contribution in [2.75, 3.05) is 11.9 Å². The number of aliphatic hydroxyl groups excluding tert-OH is 1. The van der Waals surface area contributed by atoms with Crippen molar-refractivity contribution in [1.82, 2.24) is 0 Å². The van der Waals surface area contributed by atoms with E-state index >= 15 is 0 Å². The van der Waals surface area contributed by atoms with Gasteiger partial charge in [0.05, 0.1) is 24.3 Å². The molecule has 0 fully saturated rings. The molecule has 0 unspecified atom stereocenters. The summed E-state index contributed by atoms with van der Waals surface area (Å²) in [7, 11) is 0. The van der Waals surface area contributed by atoms with Crippen molar-refractivity contribution in [2.45, 2.75) is 13.2 Å². The maximum atomic E-state index is 10.8. The van der Waals surface area contributed by atoms with Gasteiger partial charge in [0.15, 0.2) is 0 Å². The highest BCUT2D eigenvalue weighted by Crippen LogP contribution is 2.18. The number of carboxylic acid groups (broad SMARTS) is 4. The van der Waals surface area contributed by atoms with Crippen LogP contribution < -0.4 is 0 Å². The molecule has 2 aromatic carbocycles. The average molecular weight is 659 g/mol. The second-order valence-corrected chi connectivity index (χ2v) is 8.18.